The van der Waals surface area contributed by atoms with Crippen LogP contribution in [0, 0.1) is 0 Å². The van der Waals surface area contributed by atoms with Crippen LogP contribution < -0.4 is 21.5 Å². The smallest absolute Gasteiger partial charge is 0.116 e. The first-order chi connectivity index (χ1) is 22.9. The van der Waals surface area contributed by atoms with E-state index >= 15 is 0 Å². The van der Waals surface area contributed by atoms with Gasteiger partial charge >= 0.3 is 0 Å². The van der Waals surface area contributed by atoms with Gasteiger partial charge in [-0.1, -0.05) is 109 Å². The molecule has 0 aliphatic heterocycles. The van der Waals surface area contributed by atoms with Crippen LogP contribution in [-0.4, -0.2) is 13.7 Å². The maximum Gasteiger partial charge on any atom is 0.116 e. The lowest BCUT2D eigenvalue weighted by Crippen LogP contribution is -2.25. The molecule has 3 nitrogen and oxygen atoms in total. The molecule has 0 amide bonds. The van der Waals surface area contributed by atoms with Gasteiger partial charge in [0.2, 0.25) is 0 Å². The average Bonchev–Trinajstić information content (AvgIpc) is 3.11. The van der Waals surface area contributed by atoms with Crippen LogP contribution in [0.15, 0.2) is 90.7 Å². The Morgan fingerprint density at radius 1 is 0.766 bits per heavy atom. The Balaban J connectivity index is 0.000000776. The Labute approximate surface area is 282 Å². The van der Waals surface area contributed by atoms with Crippen molar-refractivity contribution < 1.29 is 4.74 Å². The number of unbranched alkanes of at least 4 members (excludes halogenated alkanes) is 2. The number of anilines is 2. The summed E-state index contributed by atoms with van der Waals surface area (Å²) in [6.07, 6.45) is 9.22. The number of hydrogen-bond donors (Lipinski definition) is 2. The molecule has 1 aliphatic carbocycles. The molecular formula is C44H54N2O. The molecular weight excluding hydrogens is 572 g/mol. The zero-order valence-electron chi connectivity index (χ0n) is 29.9. The predicted molar refractivity (Wildman–Crippen MR) is 210 cm³/mol. The second kappa shape index (κ2) is 16.4. The molecule has 0 bridgehead atoms. The van der Waals surface area contributed by atoms with E-state index in [4.69, 9.17) is 10.5 Å². The summed E-state index contributed by atoms with van der Waals surface area (Å²) >= 11 is 0. The van der Waals surface area contributed by atoms with Crippen molar-refractivity contribution in [2.24, 2.45) is 0 Å². The van der Waals surface area contributed by atoms with Crippen LogP contribution in [-0.2, 0) is 4.74 Å². The minimum atomic E-state index is -0.0172. The number of fused-ring (bicyclic) bond motifs is 3. The van der Waals surface area contributed by atoms with Crippen molar-refractivity contribution in [2.45, 2.75) is 80.1 Å². The number of rotatable bonds is 8. The summed E-state index contributed by atoms with van der Waals surface area (Å²) in [4.78, 5) is 0. The maximum atomic E-state index is 6.49. The van der Waals surface area contributed by atoms with E-state index in [9.17, 15) is 0 Å². The Kier molecular flexibility index (Phi) is 12.3. The van der Waals surface area contributed by atoms with Crippen molar-refractivity contribution >= 4 is 61.4 Å². The number of ether oxygens (including phenoxy) is 1. The fraction of sp³-hybridized carbons (Fsp3) is 0.318. The van der Waals surface area contributed by atoms with Gasteiger partial charge in [-0.05, 0) is 105 Å². The summed E-state index contributed by atoms with van der Waals surface area (Å²) in [5.74, 6) is 0.937. The summed E-state index contributed by atoms with van der Waals surface area (Å²) in [6.45, 7) is 20.3. The molecule has 5 aromatic carbocycles. The molecule has 0 aromatic heterocycles. The van der Waals surface area contributed by atoms with Gasteiger partial charge in [0, 0.05) is 34.3 Å². The summed E-state index contributed by atoms with van der Waals surface area (Å²) in [6, 6.07) is 26.3. The Hall–Kier alpha value is -4.50. The number of hydrogen-bond acceptors (Lipinski definition) is 3. The van der Waals surface area contributed by atoms with Crippen LogP contribution >= 0.6 is 0 Å². The Morgan fingerprint density at radius 2 is 1.38 bits per heavy atom. The topological polar surface area (TPSA) is 47.3 Å². The number of methoxy groups -OCH3 is 1. The fourth-order valence-corrected chi connectivity index (χ4v) is 6.41. The zero-order chi connectivity index (χ0) is 34.1. The number of allylic oxidation sites excluding steroid dienone is 2. The number of nitrogens with one attached hydrogen (secondary N) is 1. The number of nitrogen functional groups attached to an aromatic ring is 1. The molecule has 1 atom stereocenters. The highest BCUT2D eigenvalue weighted by Crippen LogP contribution is 2.54. The lowest BCUT2D eigenvalue weighted by atomic mass is 9.70. The molecule has 0 fully saturated rings. The highest BCUT2D eigenvalue weighted by atomic mass is 16.5. The molecule has 1 unspecified atom stereocenters. The summed E-state index contributed by atoms with van der Waals surface area (Å²) in [5, 5.41) is 13.2. The maximum absolute atomic E-state index is 6.49. The molecule has 3 heteroatoms. The predicted octanol–water partition coefficient (Wildman–Crippen LogP) is 11.1. The van der Waals surface area contributed by atoms with E-state index in [0.717, 1.165) is 58.3 Å². The molecule has 47 heavy (non-hydrogen) atoms. The first-order valence-corrected chi connectivity index (χ1v) is 17.5. The first-order valence-electron chi connectivity index (χ1n) is 17.5. The normalized spacial score (nSPS) is 14.9. The molecule has 6 rings (SSSR count). The van der Waals surface area contributed by atoms with Crippen LogP contribution in [0.2, 0.25) is 0 Å². The van der Waals surface area contributed by atoms with Gasteiger partial charge < -0.3 is 15.8 Å². The van der Waals surface area contributed by atoms with Crippen LogP contribution in [0.3, 0.4) is 0 Å². The molecule has 0 heterocycles. The van der Waals surface area contributed by atoms with Crippen molar-refractivity contribution in [3.63, 3.8) is 0 Å². The SMILES string of the molecule is C=C1C(c2ccc(N)c3cc(=C/C)/c(=C\C)cc23)=C(OC)C1c1ccc(NCCCC)c2cc3ccccc3cc12.CC.CCCC. The largest absolute Gasteiger partial charge is 0.499 e. The number of benzene rings is 5. The van der Waals surface area contributed by atoms with E-state index < -0.39 is 0 Å². The van der Waals surface area contributed by atoms with Crippen LogP contribution in [0.25, 0.3) is 50.0 Å². The molecule has 246 valence electrons. The standard InChI is InChI=1S/C38H38N2O.C4H10.C2H6/c1-6-9-18-40-35-17-15-29(31-21-26-12-10-11-13-27(26)22-33(31)35)37-23(4)36(38(37)41-5)28-14-16-34(39)32-20-25(8-3)24(7-2)19-30(28)32;1-3-4-2;1-2/h7-8,10-17,19-22,37,40H,4,6,9,18,39H2,1-3,5H3;3-4H2,1-2H3;1-2H3/b24-7-,25-8-;;. The van der Waals surface area contributed by atoms with Crippen molar-refractivity contribution in [3.05, 3.63) is 112 Å². The van der Waals surface area contributed by atoms with Crippen LogP contribution in [0.5, 0.6) is 0 Å². The third-order valence-corrected chi connectivity index (χ3v) is 9.12. The van der Waals surface area contributed by atoms with E-state index in [2.05, 4.69) is 125 Å². The van der Waals surface area contributed by atoms with Gasteiger partial charge in [-0.15, -0.1) is 0 Å². The second-order valence-corrected chi connectivity index (χ2v) is 11.9. The fourth-order valence-electron chi connectivity index (χ4n) is 6.41. The molecule has 0 saturated carbocycles. The quantitative estimate of drug-likeness (QED) is 0.102. The van der Waals surface area contributed by atoms with Gasteiger partial charge in [0.15, 0.2) is 0 Å². The van der Waals surface area contributed by atoms with Gasteiger partial charge in [-0.3, -0.25) is 0 Å². The van der Waals surface area contributed by atoms with Gasteiger partial charge in [-0.2, -0.15) is 0 Å². The summed E-state index contributed by atoms with van der Waals surface area (Å²) < 4.78 is 6.18. The monoisotopic (exact) mass is 626 g/mol. The third-order valence-electron chi connectivity index (χ3n) is 9.12. The van der Waals surface area contributed by atoms with E-state index in [1.54, 1.807) is 7.11 Å². The van der Waals surface area contributed by atoms with Gasteiger partial charge in [0.1, 0.15) is 5.76 Å². The summed E-state index contributed by atoms with van der Waals surface area (Å²) in [7, 11) is 1.78. The van der Waals surface area contributed by atoms with Crippen molar-refractivity contribution in [3.8, 4) is 0 Å². The van der Waals surface area contributed by atoms with Gasteiger partial charge in [-0.25, -0.2) is 0 Å². The Morgan fingerprint density at radius 3 is 1.96 bits per heavy atom. The van der Waals surface area contributed by atoms with E-state index in [0.29, 0.717) is 0 Å². The molecule has 5 aromatic rings. The molecule has 0 radical (unpaired) electrons. The first kappa shape index (κ1) is 35.4. The zero-order valence-corrected chi connectivity index (χ0v) is 29.9. The molecule has 3 N–H and O–H groups in total. The van der Waals surface area contributed by atoms with Crippen molar-refractivity contribution in [1.82, 2.24) is 0 Å². The lowest BCUT2D eigenvalue weighted by molar-refractivity contribution is 0.265. The van der Waals surface area contributed by atoms with Crippen LogP contribution in [0.4, 0.5) is 11.4 Å². The minimum absolute atomic E-state index is 0.0172. The highest BCUT2D eigenvalue weighted by molar-refractivity contribution is 6.09. The lowest BCUT2D eigenvalue weighted by Gasteiger charge is -2.36. The molecule has 0 spiro atoms. The van der Waals surface area contributed by atoms with E-state index in [1.807, 2.05) is 19.9 Å². The number of nitrogens with two attached hydrogens (primary N) is 1. The molecule has 0 saturated heterocycles. The Bertz CT molecular complexity index is 2030. The second-order valence-electron chi connectivity index (χ2n) is 11.9. The highest BCUT2D eigenvalue weighted by Gasteiger charge is 2.39. The van der Waals surface area contributed by atoms with Crippen molar-refractivity contribution in [1.29, 1.82) is 0 Å². The van der Waals surface area contributed by atoms with E-state index in [-0.39, 0.29) is 5.92 Å². The van der Waals surface area contributed by atoms with Gasteiger partial charge in [0.25, 0.3) is 0 Å². The third kappa shape index (κ3) is 6.95. The summed E-state index contributed by atoms with van der Waals surface area (Å²) in [5.41, 5.74) is 12.9. The van der Waals surface area contributed by atoms with Crippen molar-refractivity contribution in [2.75, 3.05) is 24.7 Å². The average molecular weight is 627 g/mol. The molecule has 1 aliphatic rings. The minimum Gasteiger partial charge on any atom is -0.499 e. The van der Waals surface area contributed by atoms with Crippen LogP contribution in [0.1, 0.15) is 91.2 Å². The van der Waals surface area contributed by atoms with E-state index in [1.165, 1.54) is 56.1 Å². The van der Waals surface area contributed by atoms with Gasteiger partial charge in [0.05, 0.1) is 13.0 Å².